The van der Waals surface area contributed by atoms with E-state index in [1.807, 2.05) is 27.7 Å². The molecule has 0 saturated carbocycles. The summed E-state index contributed by atoms with van der Waals surface area (Å²) >= 11 is -0.937. The minimum Gasteiger partial charge on any atom is -0.295 e. The zero-order chi connectivity index (χ0) is 16.3. The Morgan fingerprint density at radius 2 is 1.71 bits per heavy atom. The summed E-state index contributed by atoms with van der Waals surface area (Å²) in [4.78, 5) is 11.5. The molecular formula is C15H23O4S2+. The lowest BCUT2D eigenvalue weighted by Crippen LogP contribution is -2.30. The number of hydrogen-bond acceptors (Lipinski definition) is 4. The summed E-state index contributed by atoms with van der Waals surface area (Å²) in [6.07, 6.45) is 0. The van der Waals surface area contributed by atoms with Crippen molar-refractivity contribution in [1.82, 2.24) is 0 Å². The van der Waals surface area contributed by atoms with Crippen molar-refractivity contribution in [3.63, 3.8) is 0 Å². The first-order chi connectivity index (χ1) is 9.49. The monoisotopic (exact) mass is 331 g/mol. The quantitative estimate of drug-likeness (QED) is 0.752. The van der Waals surface area contributed by atoms with Crippen molar-refractivity contribution in [2.75, 3.05) is 11.5 Å². The van der Waals surface area contributed by atoms with E-state index in [-0.39, 0.29) is 21.8 Å². The fraction of sp³-hybridized carbons (Fsp3) is 0.533. The van der Waals surface area contributed by atoms with Gasteiger partial charge in [-0.2, -0.15) is 8.42 Å². The van der Waals surface area contributed by atoms with Crippen LogP contribution in [0.4, 0.5) is 0 Å². The number of Topliss-reactive ketones (excluding diaryl/α,β-unsaturated/α-hetero) is 1. The van der Waals surface area contributed by atoms with Crippen molar-refractivity contribution in [3.8, 4) is 0 Å². The minimum atomic E-state index is -3.83. The molecule has 4 nitrogen and oxygen atoms in total. The minimum absolute atomic E-state index is 0.0679. The molecule has 1 unspecified atom stereocenters. The molecule has 0 saturated heterocycles. The van der Waals surface area contributed by atoms with Crippen LogP contribution < -0.4 is 0 Å². The van der Waals surface area contributed by atoms with Gasteiger partial charge in [0.15, 0.2) is 22.7 Å². The fourth-order valence-electron chi connectivity index (χ4n) is 1.68. The Morgan fingerprint density at radius 3 is 2.14 bits per heavy atom. The third-order valence-electron chi connectivity index (χ3n) is 2.45. The molecule has 0 amide bonds. The summed E-state index contributed by atoms with van der Waals surface area (Å²) in [5, 5.41) is 0. The number of rotatable bonds is 6. The van der Waals surface area contributed by atoms with Crippen LogP contribution >= 0.6 is 0 Å². The Balaban J connectivity index is 2.95. The van der Waals surface area contributed by atoms with E-state index < -0.39 is 21.3 Å². The van der Waals surface area contributed by atoms with Gasteiger partial charge in [-0.25, -0.2) is 0 Å². The highest BCUT2D eigenvalue weighted by Crippen LogP contribution is 2.23. The van der Waals surface area contributed by atoms with Gasteiger partial charge >= 0.3 is 10.1 Å². The third-order valence-corrected chi connectivity index (χ3v) is 6.71. The number of carbonyl (C=O) groups is 1. The van der Waals surface area contributed by atoms with Crippen LogP contribution in [0, 0.1) is 12.3 Å². The van der Waals surface area contributed by atoms with Gasteiger partial charge in [-0.3, -0.25) is 4.79 Å². The first-order valence-corrected chi connectivity index (χ1v) is 9.58. The van der Waals surface area contributed by atoms with Gasteiger partial charge in [0.05, 0.1) is 4.90 Å². The number of aryl methyl sites for hydroxylation is 1. The van der Waals surface area contributed by atoms with Gasteiger partial charge in [-0.1, -0.05) is 38.5 Å². The summed E-state index contributed by atoms with van der Waals surface area (Å²) in [6, 6.07) is 6.50. The van der Waals surface area contributed by atoms with Gasteiger partial charge in [0, 0.05) is 5.41 Å². The molecule has 0 bridgehead atoms. The summed E-state index contributed by atoms with van der Waals surface area (Å²) in [5.41, 5.74) is 0.868. The van der Waals surface area contributed by atoms with Crippen LogP contribution in [0.5, 0.6) is 0 Å². The largest absolute Gasteiger partial charge is 0.339 e. The van der Waals surface area contributed by atoms with E-state index in [1.165, 1.54) is 19.1 Å². The molecule has 0 heterocycles. The highest BCUT2D eigenvalue weighted by Gasteiger charge is 2.36. The van der Waals surface area contributed by atoms with Crippen molar-refractivity contribution in [3.05, 3.63) is 29.8 Å². The normalized spacial score (nSPS) is 14.0. The standard InChI is InChI=1S/C15H23O4S2/c1-12-6-8-14(9-7-12)21(17,18)19-20(10-13(2)16)11-15(3,4)5/h6-9H,10-11H2,1-5H3/q+1. The molecule has 1 aromatic carbocycles. The first-order valence-electron chi connectivity index (χ1n) is 6.68. The van der Waals surface area contributed by atoms with E-state index in [1.54, 1.807) is 12.1 Å². The Hall–Kier alpha value is -0.850. The molecule has 0 aliphatic heterocycles. The predicted molar refractivity (Wildman–Crippen MR) is 86.7 cm³/mol. The Bertz CT molecular complexity index is 583. The number of carbonyl (C=O) groups excluding carboxylic acids is 1. The van der Waals surface area contributed by atoms with E-state index >= 15 is 0 Å². The number of benzene rings is 1. The smallest absolute Gasteiger partial charge is 0.295 e. The number of ketones is 1. The molecule has 0 N–H and O–H groups in total. The summed E-state index contributed by atoms with van der Waals surface area (Å²) in [5.74, 6) is 0.585. The zero-order valence-corrected chi connectivity index (χ0v) is 14.8. The lowest BCUT2D eigenvalue weighted by molar-refractivity contribution is -0.114. The maximum absolute atomic E-state index is 12.3. The van der Waals surface area contributed by atoms with Crippen LogP contribution in [-0.2, 0) is 29.7 Å². The van der Waals surface area contributed by atoms with E-state index in [2.05, 4.69) is 0 Å². The SMILES string of the molecule is CC(=O)C[S+](CC(C)(C)C)OS(=O)(=O)c1ccc(C)cc1. The van der Waals surface area contributed by atoms with E-state index in [9.17, 15) is 13.2 Å². The number of hydrogen-bond donors (Lipinski definition) is 0. The summed E-state index contributed by atoms with van der Waals surface area (Å²) < 4.78 is 29.9. The second-order valence-corrected chi connectivity index (χ2v) is 9.71. The molecule has 0 spiro atoms. The van der Waals surface area contributed by atoms with Crippen molar-refractivity contribution in [1.29, 1.82) is 0 Å². The van der Waals surface area contributed by atoms with Gasteiger partial charge in [0.1, 0.15) is 5.75 Å². The molecule has 21 heavy (non-hydrogen) atoms. The van der Waals surface area contributed by atoms with Crippen LogP contribution in [0.2, 0.25) is 0 Å². The Morgan fingerprint density at radius 1 is 1.19 bits per heavy atom. The zero-order valence-electron chi connectivity index (χ0n) is 13.2. The molecule has 0 aromatic heterocycles. The summed E-state index contributed by atoms with van der Waals surface area (Å²) in [7, 11) is -3.83. The van der Waals surface area contributed by atoms with Gasteiger partial charge in [-0.05, 0) is 29.6 Å². The molecule has 0 aliphatic carbocycles. The lowest BCUT2D eigenvalue weighted by Gasteiger charge is -2.16. The maximum atomic E-state index is 12.3. The first kappa shape index (κ1) is 18.2. The Labute approximate surface area is 130 Å². The van der Waals surface area contributed by atoms with E-state index in [0.717, 1.165) is 5.56 Å². The van der Waals surface area contributed by atoms with Crippen LogP contribution in [-0.4, -0.2) is 25.7 Å². The average molecular weight is 331 g/mol. The molecule has 0 aliphatic rings. The van der Waals surface area contributed by atoms with Crippen molar-refractivity contribution in [2.24, 2.45) is 5.41 Å². The van der Waals surface area contributed by atoms with Crippen LogP contribution in [0.1, 0.15) is 33.3 Å². The molecule has 6 heteroatoms. The van der Waals surface area contributed by atoms with E-state index in [0.29, 0.717) is 5.75 Å². The predicted octanol–water partition coefficient (Wildman–Crippen LogP) is 2.87. The second-order valence-electron chi connectivity index (χ2n) is 6.33. The molecule has 0 radical (unpaired) electrons. The van der Waals surface area contributed by atoms with Crippen molar-refractivity contribution >= 4 is 27.1 Å². The molecule has 1 rings (SSSR count). The highest BCUT2D eigenvalue weighted by molar-refractivity contribution is 8.03. The van der Waals surface area contributed by atoms with Gasteiger partial charge in [0.25, 0.3) is 0 Å². The van der Waals surface area contributed by atoms with Gasteiger partial charge in [-0.15, -0.1) is 0 Å². The third kappa shape index (κ3) is 6.63. The molecule has 0 fully saturated rings. The van der Waals surface area contributed by atoms with Crippen LogP contribution in [0.15, 0.2) is 29.2 Å². The van der Waals surface area contributed by atoms with Crippen LogP contribution in [0.3, 0.4) is 0 Å². The lowest BCUT2D eigenvalue weighted by atomic mass is 10.0. The molecule has 118 valence electrons. The topological polar surface area (TPSA) is 60.4 Å². The summed E-state index contributed by atoms with van der Waals surface area (Å²) in [6.45, 7) is 9.32. The van der Waals surface area contributed by atoms with Gasteiger partial charge in [0.2, 0.25) is 0 Å². The highest BCUT2D eigenvalue weighted by atomic mass is 32.3. The van der Waals surface area contributed by atoms with Crippen molar-refractivity contribution in [2.45, 2.75) is 39.5 Å². The van der Waals surface area contributed by atoms with Crippen molar-refractivity contribution < 1.29 is 16.8 Å². The molecule has 1 aromatic rings. The fourth-order valence-corrected chi connectivity index (χ4v) is 5.38. The Kier molecular flexibility index (Phi) is 6.01. The molecule has 1 atom stereocenters. The maximum Gasteiger partial charge on any atom is 0.339 e. The molecular weight excluding hydrogens is 308 g/mol. The average Bonchev–Trinajstić information content (AvgIpc) is 2.25. The van der Waals surface area contributed by atoms with Crippen LogP contribution in [0.25, 0.3) is 0 Å². The van der Waals surface area contributed by atoms with E-state index in [4.69, 9.17) is 3.63 Å². The second kappa shape index (κ2) is 6.94. The van der Waals surface area contributed by atoms with Gasteiger partial charge < -0.3 is 0 Å².